The summed E-state index contributed by atoms with van der Waals surface area (Å²) in [7, 11) is 7.43. The van der Waals surface area contributed by atoms with Crippen LogP contribution in [-0.4, -0.2) is 63.1 Å². The van der Waals surface area contributed by atoms with Crippen LogP contribution in [0.15, 0.2) is 24.3 Å². The van der Waals surface area contributed by atoms with Crippen molar-refractivity contribution in [1.29, 1.82) is 0 Å². The second-order valence-electron chi connectivity index (χ2n) is 7.88. The van der Waals surface area contributed by atoms with Gasteiger partial charge in [-0.1, -0.05) is 0 Å². The van der Waals surface area contributed by atoms with Gasteiger partial charge in [0.25, 0.3) is 0 Å². The SMILES string of the molecule is COc1cc([C@H](C[C@@H]2C[C@H](O)C[C@H](c3cc(OC)c(O)c(OC)c3)O2)OC)cc(OC)c1O. The molecule has 0 bridgehead atoms. The number of aromatic hydroxyl groups is 2. The number of ether oxygens (including phenoxy) is 6. The molecule has 9 nitrogen and oxygen atoms in total. The van der Waals surface area contributed by atoms with Crippen molar-refractivity contribution in [3.05, 3.63) is 35.4 Å². The second kappa shape index (κ2) is 10.8. The second-order valence-corrected chi connectivity index (χ2v) is 7.88. The van der Waals surface area contributed by atoms with Crippen molar-refractivity contribution in [3.63, 3.8) is 0 Å². The van der Waals surface area contributed by atoms with E-state index in [0.29, 0.717) is 19.3 Å². The maximum absolute atomic E-state index is 10.6. The average Bonchev–Trinajstić information content (AvgIpc) is 2.82. The smallest absolute Gasteiger partial charge is 0.200 e. The number of phenols is 2. The maximum atomic E-state index is 10.6. The molecule has 0 unspecified atom stereocenters. The monoisotopic (exact) mass is 464 g/mol. The highest BCUT2D eigenvalue weighted by Gasteiger charge is 2.33. The third kappa shape index (κ3) is 5.38. The van der Waals surface area contributed by atoms with Gasteiger partial charge in [0.1, 0.15) is 0 Å². The van der Waals surface area contributed by atoms with Crippen LogP contribution in [0.2, 0.25) is 0 Å². The first kappa shape index (κ1) is 24.8. The van der Waals surface area contributed by atoms with E-state index in [9.17, 15) is 15.3 Å². The van der Waals surface area contributed by atoms with Gasteiger partial charge in [0.2, 0.25) is 11.5 Å². The third-order valence-electron chi connectivity index (χ3n) is 5.89. The summed E-state index contributed by atoms with van der Waals surface area (Å²) in [6, 6.07) is 6.75. The Balaban J connectivity index is 1.84. The van der Waals surface area contributed by atoms with Crippen LogP contribution in [0.1, 0.15) is 42.6 Å². The van der Waals surface area contributed by atoms with Gasteiger partial charge >= 0.3 is 0 Å². The lowest BCUT2D eigenvalue weighted by molar-refractivity contribution is -0.114. The van der Waals surface area contributed by atoms with E-state index >= 15 is 0 Å². The van der Waals surface area contributed by atoms with Crippen molar-refractivity contribution in [2.75, 3.05) is 35.5 Å². The molecule has 2 aromatic rings. The number of rotatable bonds is 9. The number of aliphatic hydroxyl groups is 1. The summed E-state index contributed by atoms with van der Waals surface area (Å²) >= 11 is 0. The summed E-state index contributed by atoms with van der Waals surface area (Å²) < 4.78 is 33.1. The molecule has 1 aliphatic rings. The first-order valence-corrected chi connectivity index (χ1v) is 10.6. The minimum absolute atomic E-state index is 0.0850. The lowest BCUT2D eigenvalue weighted by Gasteiger charge is -2.35. The molecule has 33 heavy (non-hydrogen) atoms. The van der Waals surface area contributed by atoms with Crippen LogP contribution < -0.4 is 18.9 Å². The van der Waals surface area contributed by atoms with Gasteiger partial charge in [-0.25, -0.2) is 0 Å². The molecule has 0 saturated carbocycles. The van der Waals surface area contributed by atoms with Gasteiger partial charge in [0.05, 0.1) is 52.9 Å². The Morgan fingerprint density at radius 3 is 1.76 bits per heavy atom. The van der Waals surface area contributed by atoms with E-state index in [4.69, 9.17) is 28.4 Å². The van der Waals surface area contributed by atoms with Gasteiger partial charge in [-0.2, -0.15) is 0 Å². The van der Waals surface area contributed by atoms with E-state index in [1.807, 2.05) is 0 Å². The predicted octanol–water partition coefficient (Wildman–Crippen LogP) is 3.49. The summed E-state index contributed by atoms with van der Waals surface area (Å²) in [4.78, 5) is 0. The largest absolute Gasteiger partial charge is 0.502 e. The van der Waals surface area contributed by atoms with Crippen molar-refractivity contribution in [1.82, 2.24) is 0 Å². The number of phenolic OH excluding ortho intramolecular Hbond substituents is 2. The van der Waals surface area contributed by atoms with Crippen molar-refractivity contribution >= 4 is 0 Å². The van der Waals surface area contributed by atoms with Crippen LogP contribution >= 0.6 is 0 Å². The Labute approximate surface area is 193 Å². The fourth-order valence-electron chi connectivity index (χ4n) is 4.16. The van der Waals surface area contributed by atoms with Crippen molar-refractivity contribution < 1.29 is 43.7 Å². The molecule has 0 aromatic heterocycles. The topological polar surface area (TPSA) is 116 Å². The number of hydrogen-bond acceptors (Lipinski definition) is 9. The first-order chi connectivity index (χ1) is 15.8. The van der Waals surface area contributed by atoms with Crippen LogP contribution in [0.25, 0.3) is 0 Å². The van der Waals surface area contributed by atoms with Crippen LogP contribution in [0.5, 0.6) is 34.5 Å². The molecular formula is C24H32O9. The fourth-order valence-corrected chi connectivity index (χ4v) is 4.16. The highest BCUT2D eigenvalue weighted by molar-refractivity contribution is 5.54. The van der Waals surface area contributed by atoms with E-state index in [1.165, 1.54) is 28.4 Å². The molecule has 1 saturated heterocycles. The zero-order chi connectivity index (χ0) is 24.1. The Morgan fingerprint density at radius 2 is 1.30 bits per heavy atom. The third-order valence-corrected chi connectivity index (χ3v) is 5.89. The van der Waals surface area contributed by atoms with Gasteiger partial charge in [-0.05, 0) is 41.8 Å². The summed E-state index contributed by atoms with van der Waals surface area (Å²) in [5.41, 5.74) is 1.48. The standard InChI is InChI=1S/C24H32O9/c1-28-17(13-6-19(29-2)23(26)20(7-13)30-3)12-16-10-15(25)11-18(33-16)14-8-21(31-4)24(27)22(9-14)32-5/h6-9,15-18,25-27H,10-12H2,1-5H3/t15-,16-,17-,18+/m0/s1. The van der Waals surface area contributed by atoms with Crippen LogP contribution in [0.4, 0.5) is 0 Å². The molecule has 0 amide bonds. The van der Waals surface area contributed by atoms with E-state index in [1.54, 1.807) is 31.4 Å². The number of methoxy groups -OCH3 is 5. The van der Waals surface area contributed by atoms with Gasteiger partial charge in [-0.15, -0.1) is 0 Å². The lowest BCUT2D eigenvalue weighted by Crippen LogP contribution is -2.32. The Morgan fingerprint density at radius 1 is 0.818 bits per heavy atom. The van der Waals surface area contributed by atoms with E-state index in [2.05, 4.69) is 0 Å². The van der Waals surface area contributed by atoms with Crippen LogP contribution in [0, 0.1) is 0 Å². The molecule has 3 N–H and O–H groups in total. The van der Waals surface area contributed by atoms with E-state index in [0.717, 1.165) is 11.1 Å². The Bertz CT molecular complexity index is 896. The minimum Gasteiger partial charge on any atom is -0.502 e. The van der Waals surface area contributed by atoms with Crippen molar-refractivity contribution in [2.45, 2.75) is 43.7 Å². The van der Waals surface area contributed by atoms with Gasteiger partial charge < -0.3 is 43.7 Å². The number of hydrogen-bond donors (Lipinski definition) is 3. The predicted molar refractivity (Wildman–Crippen MR) is 120 cm³/mol. The average molecular weight is 465 g/mol. The Hall–Kier alpha value is -2.88. The molecule has 4 atom stereocenters. The number of benzene rings is 2. The molecule has 0 spiro atoms. The normalized spacial score (nSPS) is 21.3. The first-order valence-electron chi connectivity index (χ1n) is 10.6. The molecule has 2 aromatic carbocycles. The van der Waals surface area contributed by atoms with E-state index in [-0.39, 0.29) is 40.6 Å². The quantitative estimate of drug-likeness (QED) is 0.513. The van der Waals surface area contributed by atoms with Crippen molar-refractivity contribution in [2.24, 2.45) is 0 Å². The van der Waals surface area contributed by atoms with Gasteiger partial charge in [-0.3, -0.25) is 0 Å². The zero-order valence-corrected chi connectivity index (χ0v) is 19.5. The Kier molecular flexibility index (Phi) is 8.12. The van der Waals surface area contributed by atoms with Crippen LogP contribution in [0.3, 0.4) is 0 Å². The molecule has 9 heteroatoms. The summed E-state index contributed by atoms with van der Waals surface area (Å²) in [5.74, 6) is 0.907. The lowest BCUT2D eigenvalue weighted by atomic mass is 9.92. The highest BCUT2D eigenvalue weighted by Crippen LogP contribution is 2.44. The molecule has 0 radical (unpaired) electrons. The minimum atomic E-state index is -0.582. The molecular weight excluding hydrogens is 432 g/mol. The van der Waals surface area contributed by atoms with E-state index < -0.39 is 18.3 Å². The fraction of sp³-hybridized carbons (Fsp3) is 0.500. The molecule has 1 aliphatic heterocycles. The maximum Gasteiger partial charge on any atom is 0.200 e. The molecule has 1 fully saturated rings. The molecule has 1 heterocycles. The summed E-state index contributed by atoms with van der Waals surface area (Å²) in [6.45, 7) is 0. The molecule has 3 rings (SSSR count). The zero-order valence-electron chi connectivity index (χ0n) is 19.5. The summed E-state index contributed by atoms with van der Waals surface area (Å²) in [5, 5.41) is 31.0. The van der Waals surface area contributed by atoms with Crippen molar-refractivity contribution in [3.8, 4) is 34.5 Å². The highest BCUT2D eigenvalue weighted by atomic mass is 16.5. The molecule has 0 aliphatic carbocycles. The summed E-state index contributed by atoms with van der Waals surface area (Å²) in [6.07, 6.45) is -0.438. The van der Waals surface area contributed by atoms with Gasteiger partial charge in [0.15, 0.2) is 23.0 Å². The van der Waals surface area contributed by atoms with Crippen LogP contribution in [-0.2, 0) is 9.47 Å². The number of aliphatic hydroxyl groups excluding tert-OH is 1. The molecule has 182 valence electrons. The van der Waals surface area contributed by atoms with Gasteiger partial charge in [0, 0.05) is 20.0 Å².